The Bertz CT molecular complexity index is 573. The Morgan fingerprint density at radius 3 is 2.67 bits per heavy atom. The SMILES string of the molecule is CN(C)CCN/C=C(/C(=O)O)C(=O)c1cc(I)ccc1F. The number of aliphatic carboxylic acids is 1. The Labute approximate surface area is 136 Å². The van der Waals surface area contributed by atoms with Crippen LogP contribution < -0.4 is 5.32 Å². The van der Waals surface area contributed by atoms with Crippen LogP contribution in [0.1, 0.15) is 10.4 Å². The van der Waals surface area contributed by atoms with E-state index in [0.717, 1.165) is 12.3 Å². The van der Waals surface area contributed by atoms with Crippen molar-refractivity contribution >= 4 is 34.3 Å². The van der Waals surface area contributed by atoms with Gasteiger partial charge in [0.2, 0.25) is 5.78 Å². The van der Waals surface area contributed by atoms with E-state index in [1.807, 2.05) is 41.6 Å². The lowest BCUT2D eigenvalue weighted by atomic mass is 10.0. The largest absolute Gasteiger partial charge is 0.477 e. The number of ketones is 1. The zero-order valence-corrected chi connectivity index (χ0v) is 13.8. The molecule has 0 saturated carbocycles. The van der Waals surface area contributed by atoms with Crippen molar-refractivity contribution in [1.29, 1.82) is 0 Å². The van der Waals surface area contributed by atoms with Gasteiger partial charge in [0, 0.05) is 22.9 Å². The Balaban J connectivity index is 2.95. The molecule has 7 heteroatoms. The molecule has 0 radical (unpaired) electrons. The molecule has 114 valence electrons. The molecule has 0 fully saturated rings. The summed E-state index contributed by atoms with van der Waals surface area (Å²) in [6.07, 6.45) is 1.12. The molecule has 1 rings (SSSR count). The molecule has 0 heterocycles. The lowest BCUT2D eigenvalue weighted by Gasteiger charge is -2.09. The molecule has 2 N–H and O–H groups in total. The molecule has 0 aliphatic heterocycles. The minimum absolute atomic E-state index is 0.245. The highest BCUT2D eigenvalue weighted by molar-refractivity contribution is 14.1. The van der Waals surface area contributed by atoms with Gasteiger partial charge in [0.25, 0.3) is 0 Å². The van der Waals surface area contributed by atoms with Gasteiger partial charge in [0.1, 0.15) is 11.4 Å². The zero-order chi connectivity index (χ0) is 16.0. The predicted octanol–water partition coefficient (Wildman–Crippen LogP) is 1.73. The van der Waals surface area contributed by atoms with Crippen LogP contribution in [0, 0.1) is 9.39 Å². The van der Waals surface area contributed by atoms with Gasteiger partial charge in [0.05, 0.1) is 5.56 Å². The highest BCUT2D eigenvalue weighted by atomic mass is 127. The summed E-state index contributed by atoms with van der Waals surface area (Å²) in [5, 5.41) is 11.9. The first-order chi connectivity index (χ1) is 9.82. The van der Waals surface area contributed by atoms with Crippen molar-refractivity contribution in [1.82, 2.24) is 10.2 Å². The van der Waals surface area contributed by atoms with Gasteiger partial charge in [-0.05, 0) is 54.9 Å². The number of benzene rings is 1. The van der Waals surface area contributed by atoms with E-state index in [-0.39, 0.29) is 5.56 Å². The lowest BCUT2D eigenvalue weighted by Crippen LogP contribution is -2.25. The van der Waals surface area contributed by atoms with E-state index < -0.39 is 23.1 Å². The van der Waals surface area contributed by atoms with E-state index in [1.165, 1.54) is 12.1 Å². The number of nitrogens with one attached hydrogen (secondary N) is 1. The quantitative estimate of drug-likeness (QED) is 0.180. The molecule has 0 aliphatic rings. The van der Waals surface area contributed by atoms with Crippen molar-refractivity contribution in [3.63, 3.8) is 0 Å². The molecule has 0 aliphatic carbocycles. The second-order valence-corrected chi connectivity index (χ2v) is 5.82. The van der Waals surface area contributed by atoms with Crippen LogP contribution in [0.4, 0.5) is 4.39 Å². The fourth-order valence-corrected chi connectivity index (χ4v) is 1.99. The Morgan fingerprint density at radius 2 is 2.10 bits per heavy atom. The van der Waals surface area contributed by atoms with Crippen LogP contribution in [-0.4, -0.2) is 48.9 Å². The molecule has 1 aromatic carbocycles. The molecule has 1 aromatic rings. The maximum atomic E-state index is 13.7. The number of likely N-dealkylation sites (N-methyl/N-ethyl adjacent to an activating group) is 1. The van der Waals surface area contributed by atoms with Crippen molar-refractivity contribution in [3.8, 4) is 0 Å². The van der Waals surface area contributed by atoms with E-state index in [0.29, 0.717) is 16.7 Å². The number of Topliss-reactive ketones (excluding diaryl/α,β-unsaturated/α-hetero) is 1. The molecular formula is C14H16FIN2O3. The Hall–Kier alpha value is -1.48. The van der Waals surface area contributed by atoms with Gasteiger partial charge in [0.15, 0.2) is 0 Å². The first kappa shape index (κ1) is 17.6. The molecule has 0 aromatic heterocycles. The summed E-state index contributed by atoms with van der Waals surface area (Å²) in [5.41, 5.74) is -0.736. The first-order valence-electron chi connectivity index (χ1n) is 6.14. The highest BCUT2D eigenvalue weighted by Crippen LogP contribution is 2.16. The van der Waals surface area contributed by atoms with E-state index in [9.17, 15) is 14.0 Å². The Kier molecular flexibility index (Phi) is 6.76. The number of rotatable bonds is 7. The third kappa shape index (κ3) is 5.43. The van der Waals surface area contributed by atoms with Crippen molar-refractivity contribution in [2.45, 2.75) is 0 Å². The van der Waals surface area contributed by atoms with E-state index in [4.69, 9.17) is 5.11 Å². The fraction of sp³-hybridized carbons (Fsp3) is 0.286. The summed E-state index contributed by atoms with van der Waals surface area (Å²) in [6, 6.07) is 3.98. The molecule has 0 unspecified atom stereocenters. The normalized spacial score (nSPS) is 11.6. The van der Waals surface area contributed by atoms with Crippen molar-refractivity contribution in [3.05, 3.63) is 44.9 Å². The van der Waals surface area contributed by atoms with Crippen LogP contribution in [0.3, 0.4) is 0 Å². The molecule has 0 bridgehead atoms. The number of hydrogen-bond donors (Lipinski definition) is 2. The van der Waals surface area contributed by atoms with E-state index >= 15 is 0 Å². The topological polar surface area (TPSA) is 69.6 Å². The molecule has 0 atom stereocenters. The predicted molar refractivity (Wildman–Crippen MR) is 85.7 cm³/mol. The first-order valence-corrected chi connectivity index (χ1v) is 7.22. The highest BCUT2D eigenvalue weighted by Gasteiger charge is 2.22. The average molecular weight is 406 g/mol. The fourth-order valence-electron chi connectivity index (χ4n) is 1.50. The maximum absolute atomic E-state index is 13.7. The van der Waals surface area contributed by atoms with Crippen LogP contribution >= 0.6 is 22.6 Å². The Morgan fingerprint density at radius 1 is 1.43 bits per heavy atom. The van der Waals surface area contributed by atoms with Gasteiger partial charge in [-0.3, -0.25) is 4.79 Å². The van der Waals surface area contributed by atoms with Crippen LogP contribution in [0.15, 0.2) is 30.0 Å². The monoisotopic (exact) mass is 406 g/mol. The van der Waals surface area contributed by atoms with E-state index in [2.05, 4.69) is 5.32 Å². The van der Waals surface area contributed by atoms with Gasteiger partial charge in [-0.15, -0.1) is 0 Å². The summed E-state index contributed by atoms with van der Waals surface area (Å²) < 4.78 is 14.3. The van der Waals surface area contributed by atoms with Crippen molar-refractivity contribution in [2.75, 3.05) is 27.2 Å². The smallest absolute Gasteiger partial charge is 0.341 e. The van der Waals surface area contributed by atoms with Crippen LogP contribution in [0.5, 0.6) is 0 Å². The van der Waals surface area contributed by atoms with Crippen molar-refractivity contribution < 1.29 is 19.1 Å². The average Bonchev–Trinajstić information content (AvgIpc) is 2.40. The molecule has 0 spiro atoms. The second-order valence-electron chi connectivity index (χ2n) is 4.57. The molecule has 0 saturated heterocycles. The van der Waals surface area contributed by atoms with Gasteiger partial charge in [-0.25, -0.2) is 9.18 Å². The molecule has 21 heavy (non-hydrogen) atoms. The lowest BCUT2D eigenvalue weighted by molar-refractivity contribution is -0.132. The molecule has 5 nitrogen and oxygen atoms in total. The maximum Gasteiger partial charge on any atom is 0.341 e. The number of carbonyl (C=O) groups excluding carboxylic acids is 1. The number of hydrogen-bond acceptors (Lipinski definition) is 4. The third-order valence-corrected chi connectivity index (χ3v) is 3.27. The van der Waals surface area contributed by atoms with E-state index in [1.54, 1.807) is 0 Å². The summed E-state index contributed by atoms with van der Waals surface area (Å²) >= 11 is 1.93. The summed E-state index contributed by atoms with van der Waals surface area (Å²) in [7, 11) is 3.74. The number of nitrogens with zero attached hydrogens (tertiary/aromatic N) is 1. The molecular weight excluding hydrogens is 390 g/mol. The van der Waals surface area contributed by atoms with Crippen molar-refractivity contribution in [2.24, 2.45) is 0 Å². The van der Waals surface area contributed by atoms with Gasteiger partial charge < -0.3 is 15.3 Å². The number of carbonyl (C=O) groups is 2. The van der Waals surface area contributed by atoms with Gasteiger partial charge in [-0.1, -0.05) is 0 Å². The second kappa shape index (κ2) is 8.08. The number of halogens is 2. The van der Waals surface area contributed by atoms with Crippen LogP contribution in [-0.2, 0) is 4.79 Å². The summed E-state index contributed by atoms with van der Waals surface area (Å²) in [4.78, 5) is 25.2. The number of carboxylic acid groups (broad SMARTS) is 1. The zero-order valence-electron chi connectivity index (χ0n) is 11.7. The minimum Gasteiger partial charge on any atom is -0.477 e. The number of carboxylic acids is 1. The summed E-state index contributed by atoms with van der Waals surface area (Å²) in [6.45, 7) is 1.15. The summed E-state index contributed by atoms with van der Waals surface area (Å²) in [5.74, 6) is -2.98. The third-order valence-electron chi connectivity index (χ3n) is 2.60. The van der Waals surface area contributed by atoms with Crippen LogP contribution in [0.25, 0.3) is 0 Å². The molecule has 0 amide bonds. The van der Waals surface area contributed by atoms with Gasteiger partial charge >= 0.3 is 5.97 Å². The van der Waals surface area contributed by atoms with Crippen LogP contribution in [0.2, 0.25) is 0 Å². The van der Waals surface area contributed by atoms with Gasteiger partial charge in [-0.2, -0.15) is 0 Å². The minimum atomic E-state index is -1.39. The standard InChI is InChI=1S/C14H16FIN2O3/c1-18(2)6-5-17-8-11(14(20)21)13(19)10-7-9(16)3-4-12(10)15/h3-4,7-8,17H,5-6H2,1-2H3,(H,20,21)/b11-8+.